The standard InChI is InChI=1S/C16H19FN2O3/c1-10(20)13-14(11-6-4-5-7-12(11)17)19(9-8-18(2)3)16(22)15(13)21/h4-7,14,21H,8-9H2,1-3H3/p+1/t14-/m1/s1. The first-order valence-corrected chi connectivity index (χ1v) is 7.13. The molecule has 1 atom stereocenters. The Labute approximate surface area is 128 Å². The molecule has 0 spiro atoms. The average molecular weight is 307 g/mol. The van der Waals surface area contributed by atoms with Gasteiger partial charge in [-0.05, 0) is 13.0 Å². The van der Waals surface area contributed by atoms with Gasteiger partial charge in [0.15, 0.2) is 11.5 Å². The Morgan fingerprint density at radius 1 is 1.36 bits per heavy atom. The molecule has 1 aromatic rings. The van der Waals surface area contributed by atoms with Crippen LogP contribution in [-0.4, -0.2) is 48.9 Å². The lowest BCUT2D eigenvalue weighted by atomic mass is 9.96. The van der Waals surface area contributed by atoms with Crippen molar-refractivity contribution in [2.75, 3.05) is 27.2 Å². The summed E-state index contributed by atoms with van der Waals surface area (Å²) in [7, 11) is 3.86. The predicted molar refractivity (Wildman–Crippen MR) is 78.9 cm³/mol. The number of carbonyl (C=O) groups excluding carboxylic acids is 2. The normalized spacial score (nSPS) is 18.5. The fourth-order valence-corrected chi connectivity index (χ4v) is 2.61. The largest absolute Gasteiger partial charge is 0.503 e. The highest BCUT2D eigenvalue weighted by Crippen LogP contribution is 2.38. The summed E-state index contributed by atoms with van der Waals surface area (Å²) in [6, 6.07) is 5.13. The van der Waals surface area contributed by atoms with Crippen LogP contribution in [0.1, 0.15) is 18.5 Å². The van der Waals surface area contributed by atoms with E-state index in [0.717, 1.165) is 4.90 Å². The lowest BCUT2D eigenvalue weighted by Crippen LogP contribution is -3.06. The lowest BCUT2D eigenvalue weighted by molar-refractivity contribution is -0.857. The van der Waals surface area contributed by atoms with Crippen molar-refractivity contribution >= 4 is 11.7 Å². The number of carbonyl (C=O) groups is 2. The molecule has 1 aliphatic rings. The van der Waals surface area contributed by atoms with Gasteiger partial charge in [0.05, 0.1) is 38.8 Å². The smallest absolute Gasteiger partial charge is 0.290 e. The second kappa shape index (κ2) is 6.27. The predicted octanol–water partition coefficient (Wildman–Crippen LogP) is 0.255. The van der Waals surface area contributed by atoms with Crippen molar-refractivity contribution in [3.63, 3.8) is 0 Å². The highest BCUT2D eigenvalue weighted by atomic mass is 19.1. The number of hydrogen-bond donors (Lipinski definition) is 2. The molecular formula is C16H20FN2O3+. The van der Waals surface area contributed by atoms with Gasteiger partial charge in [0.25, 0.3) is 5.91 Å². The Balaban J connectivity index is 2.48. The van der Waals surface area contributed by atoms with E-state index in [-0.39, 0.29) is 11.1 Å². The number of likely N-dealkylation sites (N-methyl/N-ethyl adjacent to an activating group) is 1. The summed E-state index contributed by atoms with van der Waals surface area (Å²) in [6.07, 6.45) is 0. The molecule has 1 amide bonds. The first-order chi connectivity index (χ1) is 10.3. The van der Waals surface area contributed by atoms with Crippen LogP contribution in [0.15, 0.2) is 35.6 Å². The first kappa shape index (κ1) is 16.2. The number of benzene rings is 1. The van der Waals surface area contributed by atoms with Gasteiger partial charge in [-0.2, -0.15) is 0 Å². The van der Waals surface area contributed by atoms with E-state index in [2.05, 4.69) is 0 Å². The Bertz CT molecular complexity index is 640. The van der Waals surface area contributed by atoms with E-state index in [1.807, 2.05) is 14.1 Å². The number of amides is 1. The number of nitrogens with zero attached hydrogens (tertiary/aromatic N) is 1. The van der Waals surface area contributed by atoms with Crippen molar-refractivity contribution in [2.24, 2.45) is 0 Å². The maximum atomic E-state index is 14.1. The maximum Gasteiger partial charge on any atom is 0.290 e. The van der Waals surface area contributed by atoms with Gasteiger partial charge in [-0.25, -0.2) is 4.39 Å². The zero-order chi connectivity index (χ0) is 16.4. The molecule has 22 heavy (non-hydrogen) atoms. The van der Waals surface area contributed by atoms with Crippen LogP contribution >= 0.6 is 0 Å². The number of hydrogen-bond acceptors (Lipinski definition) is 3. The monoisotopic (exact) mass is 307 g/mol. The lowest BCUT2D eigenvalue weighted by Gasteiger charge is -2.27. The number of ketones is 1. The zero-order valence-corrected chi connectivity index (χ0v) is 12.9. The molecule has 0 aliphatic carbocycles. The number of halogens is 1. The highest BCUT2D eigenvalue weighted by Gasteiger charge is 2.43. The van der Waals surface area contributed by atoms with E-state index in [1.165, 1.54) is 24.0 Å². The number of quaternary nitrogens is 1. The molecule has 0 saturated carbocycles. The fourth-order valence-electron chi connectivity index (χ4n) is 2.61. The van der Waals surface area contributed by atoms with Crippen LogP contribution in [0.4, 0.5) is 4.39 Å². The van der Waals surface area contributed by atoms with E-state index >= 15 is 0 Å². The van der Waals surface area contributed by atoms with Crippen molar-refractivity contribution in [1.29, 1.82) is 0 Å². The zero-order valence-electron chi connectivity index (χ0n) is 12.9. The van der Waals surface area contributed by atoms with Crippen LogP contribution < -0.4 is 4.90 Å². The van der Waals surface area contributed by atoms with Gasteiger partial charge >= 0.3 is 0 Å². The molecule has 0 radical (unpaired) electrons. The second-order valence-electron chi connectivity index (χ2n) is 5.70. The van der Waals surface area contributed by atoms with Gasteiger partial charge in [0.2, 0.25) is 0 Å². The summed E-state index contributed by atoms with van der Waals surface area (Å²) in [4.78, 5) is 26.6. The molecule has 0 saturated heterocycles. The van der Waals surface area contributed by atoms with Crippen LogP contribution in [0.25, 0.3) is 0 Å². The minimum Gasteiger partial charge on any atom is -0.503 e. The number of rotatable bonds is 5. The molecule has 5 nitrogen and oxygen atoms in total. The van der Waals surface area contributed by atoms with Gasteiger partial charge in [0.1, 0.15) is 5.82 Å². The first-order valence-electron chi connectivity index (χ1n) is 7.13. The van der Waals surface area contributed by atoms with Gasteiger partial charge in [0, 0.05) is 5.56 Å². The Morgan fingerprint density at radius 2 is 2.00 bits per heavy atom. The van der Waals surface area contributed by atoms with Crippen LogP contribution in [-0.2, 0) is 9.59 Å². The molecule has 0 aromatic heterocycles. The van der Waals surface area contributed by atoms with Crippen LogP contribution in [0.2, 0.25) is 0 Å². The Kier molecular flexibility index (Phi) is 4.61. The van der Waals surface area contributed by atoms with Crippen LogP contribution in [0, 0.1) is 5.82 Å². The molecule has 1 heterocycles. The summed E-state index contributed by atoms with van der Waals surface area (Å²) >= 11 is 0. The maximum absolute atomic E-state index is 14.1. The Morgan fingerprint density at radius 3 is 2.55 bits per heavy atom. The molecule has 6 heteroatoms. The van der Waals surface area contributed by atoms with Crippen molar-refractivity contribution in [3.05, 3.63) is 47.0 Å². The fraction of sp³-hybridized carbons (Fsp3) is 0.375. The van der Waals surface area contributed by atoms with E-state index in [9.17, 15) is 19.1 Å². The number of Topliss-reactive ketones (excluding diaryl/α,β-unsaturated/α-hetero) is 1. The minimum absolute atomic E-state index is 0.0381. The van der Waals surface area contributed by atoms with Crippen molar-refractivity contribution in [3.8, 4) is 0 Å². The molecule has 118 valence electrons. The number of aliphatic hydroxyl groups is 1. The van der Waals surface area contributed by atoms with Gasteiger partial charge in [-0.15, -0.1) is 0 Å². The summed E-state index contributed by atoms with van der Waals surface area (Å²) in [5.74, 6) is -2.14. The van der Waals surface area contributed by atoms with Crippen LogP contribution in [0.5, 0.6) is 0 Å². The third kappa shape index (κ3) is 2.87. The summed E-state index contributed by atoms with van der Waals surface area (Å²) in [6.45, 7) is 2.21. The molecule has 0 bridgehead atoms. The van der Waals surface area contributed by atoms with Gasteiger partial charge in [-0.1, -0.05) is 18.2 Å². The number of nitrogens with one attached hydrogen (secondary N) is 1. The second-order valence-corrected chi connectivity index (χ2v) is 5.70. The van der Waals surface area contributed by atoms with Crippen molar-refractivity contribution in [1.82, 2.24) is 4.90 Å². The third-order valence-electron chi connectivity index (χ3n) is 3.74. The minimum atomic E-state index is -0.870. The quantitative estimate of drug-likeness (QED) is 0.820. The van der Waals surface area contributed by atoms with Crippen LogP contribution in [0.3, 0.4) is 0 Å². The summed E-state index contributed by atoms with van der Waals surface area (Å²) < 4.78 is 14.1. The summed E-state index contributed by atoms with van der Waals surface area (Å²) in [5.41, 5.74) is 0.183. The van der Waals surface area contributed by atoms with E-state index in [0.29, 0.717) is 13.1 Å². The Hall–Kier alpha value is -2.21. The van der Waals surface area contributed by atoms with E-state index < -0.39 is 29.3 Å². The third-order valence-corrected chi connectivity index (χ3v) is 3.74. The topological polar surface area (TPSA) is 62.0 Å². The molecule has 1 aromatic carbocycles. The molecule has 0 fully saturated rings. The SMILES string of the molecule is CC(=O)C1=C(O)C(=O)N(CC[NH+](C)C)[C@@H]1c1ccccc1F. The average Bonchev–Trinajstić information content (AvgIpc) is 2.69. The molecule has 2 N–H and O–H groups in total. The van der Waals surface area contributed by atoms with Crippen molar-refractivity contribution < 1.29 is 24.0 Å². The molecule has 1 aliphatic heterocycles. The van der Waals surface area contributed by atoms with E-state index in [1.54, 1.807) is 12.1 Å². The molecular weight excluding hydrogens is 287 g/mol. The van der Waals surface area contributed by atoms with Crippen molar-refractivity contribution in [2.45, 2.75) is 13.0 Å². The van der Waals surface area contributed by atoms with Gasteiger partial charge in [-0.3, -0.25) is 9.59 Å². The number of aliphatic hydroxyl groups excluding tert-OH is 1. The van der Waals surface area contributed by atoms with Gasteiger partial charge < -0.3 is 14.9 Å². The molecule has 0 unspecified atom stereocenters. The molecule has 2 rings (SSSR count). The highest BCUT2D eigenvalue weighted by molar-refractivity contribution is 6.08. The summed E-state index contributed by atoms with van der Waals surface area (Å²) in [5, 5.41) is 10.0. The van der Waals surface area contributed by atoms with E-state index in [4.69, 9.17) is 0 Å².